The molecule has 1 aromatic rings. The van der Waals surface area contributed by atoms with Crippen molar-refractivity contribution in [1.82, 2.24) is 10.2 Å². The first-order valence-electron chi connectivity index (χ1n) is 7.31. The molecule has 1 aromatic carbocycles. The lowest BCUT2D eigenvalue weighted by molar-refractivity contribution is 0.281. The number of benzene rings is 1. The SMILES string of the molecule is CCC1CCN(Cc2cc(C)c(F)c(C)c2)CCN1. The molecule has 0 aromatic heterocycles. The summed E-state index contributed by atoms with van der Waals surface area (Å²) < 4.78 is 13.6. The van der Waals surface area contributed by atoms with E-state index in [2.05, 4.69) is 17.1 Å². The minimum Gasteiger partial charge on any atom is -0.313 e. The number of hydrogen-bond acceptors (Lipinski definition) is 2. The molecule has 1 fully saturated rings. The van der Waals surface area contributed by atoms with Crippen molar-refractivity contribution in [2.45, 2.75) is 46.2 Å². The van der Waals surface area contributed by atoms with Crippen molar-refractivity contribution in [1.29, 1.82) is 0 Å². The highest BCUT2D eigenvalue weighted by Gasteiger charge is 2.15. The van der Waals surface area contributed by atoms with Crippen LogP contribution in [0.4, 0.5) is 4.39 Å². The second-order valence-electron chi connectivity index (χ2n) is 5.67. The molecule has 2 rings (SSSR count). The number of aryl methyl sites for hydroxylation is 2. The van der Waals surface area contributed by atoms with Gasteiger partial charge in [-0.25, -0.2) is 4.39 Å². The van der Waals surface area contributed by atoms with Crippen molar-refractivity contribution in [3.05, 3.63) is 34.6 Å². The molecule has 0 radical (unpaired) electrons. The molecule has 1 aliphatic heterocycles. The number of nitrogens with zero attached hydrogens (tertiary/aromatic N) is 1. The average molecular weight is 264 g/mol. The molecule has 1 N–H and O–H groups in total. The van der Waals surface area contributed by atoms with Gasteiger partial charge in [-0.2, -0.15) is 0 Å². The molecule has 1 atom stereocenters. The van der Waals surface area contributed by atoms with E-state index in [1.807, 2.05) is 26.0 Å². The first-order chi connectivity index (χ1) is 9.10. The highest BCUT2D eigenvalue weighted by molar-refractivity contribution is 5.30. The van der Waals surface area contributed by atoms with Gasteiger partial charge in [-0.05, 0) is 43.4 Å². The molecule has 1 unspecified atom stereocenters. The van der Waals surface area contributed by atoms with Crippen LogP contribution in [0, 0.1) is 19.7 Å². The molecule has 0 bridgehead atoms. The second-order valence-corrected chi connectivity index (χ2v) is 5.67. The van der Waals surface area contributed by atoms with Crippen molar-refractivity contribution in [3.8, 4) is 0 Å². The summed E-state index contributed by atoms with van der Waals surface area (Å²) >= 11 is 0. The Morgan fingerprint density at radius 1 is 1.26 bits per heavy atom. The summed E-state index contributed by atoms with van der Waals surface area (Å²) in [5.41, 5.74) is 2.75. The van der Waals surface area contributed by atoms with E-state index < -0.39 is 0 Å². The molecule has 3 heteroatoms. The van der Waals surface area contributed by atoms with Gasteiger partial charge in [0, 0.05) is 32.2 Å². The molecule has 19 heavy (non-hydrogen) atoms. The predicted molar refractivity (Wildman–Crippen MR) is 77.8 cm³/mol. The number of hydrogen-bond donors (Lipinski definition) is 1. The molecule has 0 amide bonds. The van der Waals surface area contributed by atoms with Gasteiger partial charge in [0.1, 0.15) is 5.82 Å². The summed E-state index contributed by atoms with van der Waals surface area (Å²) in [6.45, 7) is 10.1. The van der Waals surface area contributed by atoms with Gasteiger partial charge in [-0.15, -0.1) is 0 Å². The van der Waals surface area contributed by atoms with Gasteiger partial charge in [0.05, 0.1) is 0 Å². The van der Waals surface area contributed by atoms with Crippen LogP contribution in [0.1, 0.15) is 36.5 Å². The van der Waals surface area contributed by atoms with E-state index in [0.717, 1.165) is 37.3 Å². The maximum absolute atomic E-state index is 13.6. The highest BCUT2D eigenvalue weighted by atomic mass is 19.1. The van der Waals surface area contributed by atoms with E-state index in [-0.39, 0.29) is 5.82 Å². The van der Waals surface area contributed by atoms with Crippen molar-refractivity contribution in [2.24, 2.45) is 0 Å². The van der Waals surface area contributed by atoms with E-state index in [9.17, 15) is 4.39 Å². The molecule has 1 heterocycles. The standard InChI is InChI=1S/C16H25FN2/c1-4-15-5-7-19(8-6-18-15)11-14-9-12(2)16(17)13(3)10-14/h9-10,15,18H,4-8,11H2,1-3H3. The molecule has 1 saturated heterocycles. The van der Waals surface area contributed by atoms with Gasteiger partial charge in [-0.3, -0.25) is 4.90 Å². The number of rotatable bonds is 3. The van der Waals surface area contributed by atoms with Crippen LogP contribution >= 0.6 is 0 Å². The van der Waals surface area contributed by atoms with Crippen LogP contribution in [-0.2, 0) is 6.54 Å². The number of halogens is 1. The van der Waals surface area contributed by atoms with Crippen LogP contribution in [0.5, 0.6) is 0 Å². The normalized spacial score (nSPS) is 21.4. The zero-order chi connectivity index (χ0) is 13.8. The molecule has 0 saturated carbocycles. The maximum Gasteiger partial charge on any atom is 0.129 e. The van der Waals surface area contributed by atoms with Crippen molar-refractivity contribution in [2.75, 3.05) is 19.6 Å². The number of nitrogens with one attached hydrogen (secondary N) is 1. The molecule has 0 aliphatic carbocycles. The fourth-order valence-corrected chi connectivity index (χ4v) is 2.87. The first-order valence-corrected chi connectivity index (χ1v) is 7.31. The Hall–Kier alpha value is -0.930. The van der Waals surface area contributed by atoms with Crippen molar-refractivity contribution < 1.29 is 4.39 Å². The lowest BCUT2D eigenvalue weighted by Crippen LogP contribution is -2.29. The van der Waals surface area contributed by atoms with E-state index in [1.54, 1.807) is 0 Å². The Kier molecular flexibility index (Phi) is 4.94. The average Bonchev–Trinajstić information content (AvgIpc) is 2.61. The van der Waals surface area contributed by atoms with Crippen molar-refractivity contribution >= 4 is 0 Å². The molecule has 2 nitrogen and oxygen atoms in total. The predicted octanol–water partition coefficient (Wildman–Crippen LogP) is 3.02. The third-order valence-electron chi connectivity index (χ3n) is 4.05. The lowest BCUT2D eigenvalue weighted by atomic mass is 10.1. The molecular formula is C16H25FN2. The van der Waals surface area contributed by atoms with Gasteiger partial charge < -0.3 is 5.32 Å². The largest absolute Gasteiger partial charge is 0.313 e. The molecule has 1 aliphatic rings. The summed E-state index contributed by atoms with van der Waals surface area (Å²) in [5, 5.41) is 3.58. The summed E-state index contributed by atoms with van der Waals surface area (Å²) in [5.74, 6) is -0.0627. The highest BCUT2D eigenvalue weighted by Crippen LogP contribution is 2.17. The van der Waals surface area contributed by atoms with Crippen LogP contribution in [0.3, 0.4) is 0 Å². The zero-order valence-electron chi connectivity index (χ0n) is 12.3. The lowest BCUT2D eigenvalue weighted by Gasteiger charge is -2.20. The van der Waals surface area contributed by atoms with Crippen LogP contribution < -0.4 is 5.32 Å². The Morgan fingerprint density at radius 3 is 2.58 bits per heavy atom. The monoisotopic (exact) mass is 264 g/mol. The Bertz CT molecular complexity index is 408. The van der Waals surface area contributed by atoms with Gasteiger partial charge >= 0.3 is 0 Å². The fraction of sp³-hybridized carbons (Fsp3) is 0.625. The van der Waals surface area contributed by atoms with Gasteiger partial charge in [-0.1, -0.05) is 19.1 Å². The van der Waals surface area contributed by atoms with Crippen LogP contribution in [0.25, 0.3) is 0 Å². The molecular weight excluding hydrogens is 239 g/mol. The molecule has 106 valence electrons. The topological polar surface area (TPSA) is 15.3 Å². The Balaban J connectivity index is 2.01. The summed E-state index contributed by atoms with van der Waals surface area (Å²) in [4.78, 5) is 2.47. The summed E-state index contributed by atoms with van der Waals surface area (Å²) in [7, 11) is 0. The molecule has 0 spiro atoms. The van der Waals surface area contributed by atoms with E-state index in [0.29, 0.717) is 6.04 Å². The zero-order valence-corrected chi connectivity index (χ0v) is 12.3. The Labute approximate surface area is 116 Å². The minimum absolute atomic E-state index is 0.0627. The maximum atomic E-state index is 13.6. The third-order valence-corrected chi connectivity index (χ3v) is 4.05. The summed E-state index contributed by atoms with van der Waals surface area (Å²) in [6, 6.07) is 4.62. The van der Waals surface area contributed by atoms with Crippen molar-refractivity contribution in [3.63, 3.8) is 0 Å². The van der Waals surface area contributed by atoms with Gasteiger partial charge in [0.2, 0.25) is 0 Å². The fourth-order valence-electron chi connectivity index (χ4n) is 2.87. The second kappa shape index (κ2) is 6.49. The summed E-state index contributed by atoms with van der Waals surface area (Å²) in [6.07, 6.45) is 2.40. The Morgan fingerprint density at radius 2 is 1.95 bits per heavy atom. The van der Waals surface area contributed by atoms with E-state index in [1.165, 1.54) is 18.4 Å². The first kappa shape index (κ1) is 14.5. The van der Waals surface area contributed by atoms with Crippen LogP contribution in [0.15, 0.2) is 12.1 Å². The van der Waals surface area contributed by atoms with E-state index >= 15 is 0 Å². The van der Waals surface area contributed by atoms with Crippen LogP contribution in [0.2, 0.25) is 0 Å². The minimum atomic E-state index is -0.0627. The van der Waals surface area contributed by atoms with Gasteiger partial charge in [0.25, 0.3) is 0 Å². The quantitative estimate of drug-likeness (QED) is 0.903. The van der Waals surface area contributed by atoms with Crippen LogP contribution in [-0.4, -0.2) is 30.6 Å². The van der Waals surface area contributed by atoms with E-state index in [4.69, 9.17) is 0 Å². The third kappa shape index (κ3) is 3.77. The smallest absolute Gasteiger partial charge is 0.129 e. The van der Waals surface area contributed by atoms with Gasteiger partial charge in [0.15, 0.2) is 0 Å².